The number of aromatic nitrogens is 1. The van der Waals surface area contributed by atoms with Crippen LogP contribution in [0.5, 0.6) is 0 Å². The van der Waals surface area contributed by atoms with Crippen molar-refractivity contribution in [3.05, 3.63) is 59.9 Å². The first-order chi connectivity index (χ1) is 19.8. The molecule has 3 aromatic rings. The van der Waals surface area contributed by atoms with Crippen LogP contribution in [0.1, 0.15) is 55.8 Å². The highest BCUT2D eigenvalue weighted by Crippen LogP contribution is 2.45. The zero-order chi connectivity index (χ0) is 28.6. The molecule has 2 saturated carbocycles. The number of carbonyl (C=O) groups excluding carboxylic acids is 1. The summed E-state index contributed by atoms with van der Waals surface area (Å²) in [7, 11) is -2.48. The maximum absolute atomic E-state index is 13.5. The second kappa shape index (κ2) is 10.9. The molecule has 0 spiro atoms. The Morgan fingerprint density at radius 3 is 2.46 bits per heavy atom. The average molecular weight is 572 g/mol. The number of benzene rings is 2. The molecule has 3 aliphatic rings. The Morgan fingerprint density at radius 1 is 1.05 bits per heavy atom. The molecule has 3 N–H and O–H groups in total. The number of anilines is 1. The van der Waals surface area contributed by atoms with E-state index in [1.165, 1.54) is 0 Å². The minimum atomic E-state index is -2.48. The number of rotatable bonds is 6. The van der Waals surface area contributed by atoms with Crippen molar-refractivity contribution in [3.63, 3.8) is 0 Å². The first kappa shape index (κ1) is 27.3. The van der Waals surface area contributed by atoms with Gasteiger partial charge in [0, 0.05) is 41.7 Å². The van der Waals surface area contributed by atoms with Crippen LogP contribution in [0.25, 0.3) is 22.7 Å². The molecule has 1 aromatic heterocycles. The fraction of sp³-hybridized carbons (Fsp3) is 0.419. The molecule has 2 heterocycles. The first-order valence-corrected chi connectivity index (χ1v) is 16.0. The van der Waals surface area contributed by atoms with Gasteiger partial charge in [-0.2, -0.15) is 21.1 Å². The van der Waals surface area contributed by atoms with Crippen molar-refractivity contribution in [2.75, 3.05) is 29.5 Å². The largest absolute Gasteiger partial charge is 0.440 e. The monoisotopic (exact) mass is 571 g/mol. The standard InChI is InChI=1S/C31H33N5O4S/c32-19-21-4-3-5-23(18-21)30-34-27(22-8-10-24(11-9-22)36-14-16-41(38,39)17-15-36)28(40-30)25-6-1-2-7-26(25)29(37)35-31(20-33)12-13-31/h3-5,8-11,18,25-26,38-39H,1-2,6-7,12-17H2,(H,35,37)/t25-,26-/m1/s1. The summed E-state index contributed by atoms with van der Waals surface area (Å²) in [5.74, 6) is 1.17. The molecule has 10 heteroatoms. The smallest absolute Gasteiger partial charge is 0.226 e. The SMILES string of the molecule is N#Cc1cccc(-c2nc(-c3ccc(N4CCS(O)(O)CC4)cc3)c([C@@H]3CCCC[C@H]3C(=O)NC3(C#N)CC3)o2)c1. The van der Waals surface area contributed by atoms with Gasteiger partial charge in [0.25, 0.3) is 0 Å². The summed E-state index contributed by atoms with van der Waals surface area (Å²) in [4.78, 5) is 20.5. The van der Waals surface area contributed by atoms with E-state index in [2.05, 4.69) is 22.4 Å². The Labute approximate surface area is 241 Å². The van der Waals surface area contributed by atoms with E-state index in [1.807, 2.05) is 30.3 Å². The average Bonchev–Trinajstić information content (AvgIpc) is 3.63. The number of nitrogens with zero attached hydrogens (tertiary/aromatic N) is 4. The van der Waals surface area contributed by atoms with Gasteiger partial charge in [0.05, 0.1) is 29.2 Å². The number of hydrogen-bond acceptors (Lipinski definition) is 8. The number of oxazole rings is 1. The van der Waals surface area contributed by atoms with Gasteiger partial charge in [-0.05, 0) is 56.0 Å². The van der Waals surface area contributed by atoms with Crippen molar-refractivity contribution < 1.29 is 18.3 Å². The molecule has 1 aliphatic heterocycles. The van der Waals surface area contributed by atoms with Crippen molar-refractivity contribution in [2.24, 2.45) is 5.92 Å². The lowest BCUT2D eigenvalue weighted by atomic mass is 9.76. The van der Waals surface area contributed by atoms with Crippen LogP contribution in [0.3, 0.4) is 0 Å². The summed E-state index contributed by atoms with van der Waals surface area (Å²) in [5.41, 5.74) is 3.00. The molecule has 41 heavy (non-hydrogen) atoms. The predicted molar refractivity (Wildman–Crippen MR) is 157 cm³/mol. The van der Waals surface area contributed by atoms with E-state index in [0.29, 0.717) is 72.3 Å². The first-order valence-electron chi connectivity index (χ1n) is 14.1. The van der Waals surface area contributed by atoms with Crippen molar-refractivity contribution in [3.8, 4) is 34.8 Å². The zero-order valence-corrected chi connectivity index (χ0v) is 23.6. The summed E-state index contributed by atoms with van der Waals surface area (Å²) in [6, 6.07) is 19.6. The third-order valence-electron chi connectivity index (χ3n) is 8.54. The van der Waals surface area contributed by atoms with Crippen molar-refractivity contribution in [1.29, 1.82) is 10.5 Å². The van der Waals surface area contributed by atoms with Gasteiger partial charge in [-0.1, -0.05) is 31.0 Å². The van der Waals surface area contributed by atoms with Crippen LogP contribution in [0, 0.1) is 28.6 Å². The number of nitrogens with one attached hydrogen (secondary N) is 1. The Hall–Kier alpha value is -3.83. The fourth-order valence-electron chi connectivity index (χ4n) is 5.93. The molecular weight excluding hydrogens is 538 g/mol. The molecule has 2 aliphatic carbocycles. The zero-order valence-electron chi connectivity index (χ0n) is 22.8. The van der Waals surface area contributed by atoms with Crippen LogP contribution in [0.4, 0.5) is 5.69 Å². The summed E-state index contributed by atoms with van der Waals surface area (Å²) >= 11 is 0. The Kier molecular flexibility index (Phi) is 7.25. The third-order valence-corrected chi connectivity index (χ3v) is 10.2. The lowest BCUT2D eigenvalue weighted by molar-refractivity contribution is -0.127. The second-order valence-corrected chi connectivity index (χ2v) is 13.8. The second-order valence-electron chi connectivity index (χ2n) is 11.3. The van der Waals surface area contributed by atoms with Crippen LogP contribution in [0.15, 0.2) is 52.9 Å². The van der Waals surface area contributed by atoms with Crippen molar-refractivity contribution in [2.45, 2.75) is 50.0 Å². The minimum Gasteiger partial charge on any atom is -0.440 e. The maximum Gasteiger partial charge on any atom is 0.226 e. The van der Waals surface area contributed by atoms with Gasteiger partial charge < -0.3 is 14.6 Å². The molecule has 0 bridgehead atoms. The Bertz CT molecular complexity index is 1520. The van der Waals surface area contributed by atoms with E-state index in [-0.39, 0.29) is 17.7 Å². The third kappa shape index (κ3) is 5.69. The predicted octanol–water partition coefficient (Wildman–Crippen LogP) is 5.90. The lowest BCUT2D eigenvalue weighted by Gasteiger charge is -2.41. The lowest BCUT2D eigenvalue weighted by Crippen LogP contribution is -2.42. The van der Waals surface area contributed by atoms with Crippen LogP contribution >= 0.6 is 10.6 Å². The highest BCUT2D eigenvalue weighted by molar-refractivity contribution is 8.24. The molecule has 2 aromatic carbocycles. The molecule has 1 amide bonds. The number of carbonyl (C=O) groups is 1. The normalized spacial score (nSPS) is 23.6. The van der Waals surface area contributed by atoms with Crippen LogP contribution in [-0.4, -0.2) is 50.1 Å². The highest BCUT2D eigenvalue weighted by Gasteiger charge is 2.47. The summed E-state index contributed by atoms with van der Waals surface area (Å²) in [6.45, 7) is 1.17. The number of amides is 1. The molecule has 0 unspecified atom stereocenters. The summed E-state index contributed by atoms with van der Waals surface area (Å²) in [5, 5.41) is 22.0. The van der Waals surface area contributed by atoms with Gasteiger partial charge in [0.2, 0.25) is 11.8 Å². The van der Waals surface area contributed by atoms with Gasteiger partial charge in [0.1, 0.15) is 17.0 Å². The molecule has 2 atom stereocenters. The maximum atomic E-state index is 13.5. The quantitative estimate of drug-likeness (QED) is 0.332. The van der Waals surface area contributed by atoms with Gasteiger partial charge in [0.15, 0.2) is 0 Å². The topological polar surface area (TPSA) is 146 Å². The molecule has 0 radical (unpaired) electrons. The van der Waals surface area contributed by atoms with Gasteiger partial charge in [-0.25, -0.2) is 4.98 Å². The summed E-state index contributed by atoms with van der Waals surface area (Å²) in [6.07, 6.45) is 4.75. The van der Waals surface area contributed by atoms with E-state index >= 15 is 0 Å². The van der Waals surface area contributed by atoms with Crippen LogP contribution < -0.4 is 10.2 Å². The minimum absolute atomic E-state index is 0.101. The van der Waals surface area contributed by atoms with Gasteiger partial charge in [-0.15, -0.1) is 0 Å². The fourth-order valence-corrected chi connectivity index (χ4v) is 7.16. The number of hydrogen-bond donors (Lipinski definition) is 3. The van der Waals surface area contributed by atoms with Crippen molar-refractivity contribution >= 4 is 22.2 Å². The highest BCUT2D eigenvalue weighted by atomic mass is 32.3. The van der Waals surface area contributed by atoms with E-state index < -0.39 is 16.1 Å². The van der Waals surface area contributed by atoms with Crippen LogP contribution in [-0.2, 0) is 4.79 Å². The molecule has 212 valence electrons. The molecule has 3 fully saturated rings. The van der Waals surface area contributed by atoms with E-state index in [9.17, 15) is 24.4 Å². The Morgan fingerprint density at radius 2 is 1.78 bits per heavy atom. The molecular formula is C31H33N5O4S. The van der Waals surface area contributed by atoms with E-state index in [4.69, 9.17) is 9.40 Å². The summed E-state index contributed by atoms with van der Waals surface area (Å²) < 4.78 is 26.5. The Balaban J connectivity index is 1.35. The van der Waals surface area contributed by atoms with E-state index in [1.54, 1.807) is 18.2 Å². The van der Waals surface area contributed by atoms with Gasteiger partial charge in [-0.3, -0.25) is 13.9 Å². The molecule has 6 rings (SSSR count). The van der Waals surface area contributed by atoms with Crippen molar-refractivity contribution in [1.82, 2.24) is 10.3 Å². The van der Waals surface area contributed by atoms with Crippen LogP contribution in [0.2, 0.25) is 0 Å². The van der Waals surface area contributed by atoms with Gasteiger partial charge >= 0.3 is 0 Å². The van der Waals surface area contributed by atoms with E-state index in [0.717, 1.165) is 30.5 Å². The molecule has 1 saturated heterocycles. The molecule has 9 nitrogen and oxygen atoms in total. The number of nitriles is 2.